The third kappa shape index (κ3) is 7.60. The average Bonchev–Trinajstić information content (AvgIpc) is 2.61. The molecule has 0 radical (unpaired) electrons. The minimum absolute atomic E-state index is 0.0436. The van der Waals surface area contributed by atoms with Gasteiger partial charge in [-0.15, -0.1) is 0 Å². The summed E-state index contributed by atoms with van der Waals surface area (Å²) in [6.45, 7) is 1.94. The lowest BCUT2D eigenvalue weighted by atomic mass is 10.2. The van der Waals surface area contributed by atoms with Crippen LogP contribution in [0.5, 0.6) is 0 Å². The third-order valence-corrected chi connectivity index (χ3v) is 3.87. The van der Waals surface area contributed by atoms with E-state index in [1.807, 2.05) is 6.92 Å². The molecule has 0 spiro atoms. The molecule has 0 atom stereocenters. The first kappa shape index (κ1) is 20.6. The first-order valence-electron chi connectivity index (χ1n) is 8.42. The van der Waals surface area contributed by atoms with Crippen molar-refractivity contribution in [1.29, 1.82) is 0 Å². The Balaban J connectivity index is 1.88. The largest absolute Gasteiger partial charge is 0.332 e. The molecule has 0 unspecified atom stereocenters. The number of benzene rings is 2. The van der Waals surface area contributed by atoms with E-state index >= 15 is 0 Å². The van der Waals surface area contributed by atoms with Crippen LogP contribution < -0.4 is 16.0 Å². The first-order valence-corrected chi connectivity index (χ1v) is 9.20. The molecule has 2 aromatic rings. The monoisotopic (exact) mass is 401 g/mol. The fraction of sp³-hybridized carbons (Fsp3) is 0.150. The van der Waals surface area contributed by atoms with Gasteiger partial charge in [0, 0.05) is 28.9 Å². The van der Waals surface area contributed by atoms with Crippen molar-refractivity contribution in [3.05, 3.63) is 65.2 Å². The van der Waals surface area contributed by atoms with Crippen molar-refractivity contribution in [2.45, 2.75) is 19.8 Å². The summed E-state index contributed by atoms with van der Waals surface area (Å²) in [5.74, 6) is -0.396. The Kier molecular flexibility index (Phi) is 7.98. The van der Waals surface area contributed by atoms with Gasteiger partial charge in [0.05, 0.1) is 0 Å². The summed E-state index contributed by atoms with van der Waals surface area (Å²) in [7, 11) is 0. The van der Waals surface area contributed by atoms with Crippen LogP contribution in [0.2, 0.25) is 5.02 Å². The number of anilines is 2. The predicted octanol–water partition coefficient (Wildman–Crippen LogP) is 4.61. The van der Waals surface area contributed by atoms with Crippen LogP contribution in [0.3, 0.4) is 0 Å². The van der Waals surface area contributed by atoms with E-state index in [0.717, 1.165) is 12.0 Å². The molecular formula is C20H20ClN3O2S. The molecule has 7 heteroatoms. The molecule has 0 fully saturated rings. The van der Waals surface area contributed by atoms with Gasteiger partial charge in [-0.25, -0.2) is 0 Å². The third-order valence-electron chi connectivity index (χ3n) is 3.42. The predicted molar refractivity (Wildman–Crippen MR) is 115 cm³/mol. The Labute approximate surface area is 168 Å². The second-order valence-corrected chi connectivity index (χ2v) is 6.55. The molecule has 0 saturated heterocycles. The van der Waals surface area contributed by atoms with Gasteiger partial charge in [0.2, 0.25) is 11.8 Å². The molecule has 2 rings (SSSR count). The number of amides is 2. The van der Waals surface area contributed by atoms with Crippen molar-refractivity contribution in [3.63, 3.8) is 0 Å². The van der Waals surface area contributed by atoms with Crippen LogP contribution >= 0.6 is 23.8 Å². The van der Waals surface area contributed by atoms with E-state index in [1.54, 1.807) is 54.6 Å². The van der Waals surface area contributed by atoms with Crippen molar-refractivity contribution in [1.82, 2.24) is 5.32 Å². The summed E-state index contributed by atoms with van der Waals surface area (Å²) < 4.78 is 0. The number of carbonyl (C=O) groups excluding carboxylic acids is 2. The highest BCUT2D eigenvalue weighted by atomic mass is 35.5. The molecule has 0 saturated carbocycles. The summed E-state index contributed by atoms with van der Waals surface area (Å²) >= 11 is 11.0. The number of hydrogen-bond donors (Lipinski definition) is 3. The molecule has 0 aliphatic carbocycles. The highest BCUT2D eigenvalue weighted by Crippen LogP contribution is 2.15. The van der Waals surface area contributed by atoms with E-state index in [1.165, 1.54) is 6.08 Å². The Morgan fingerprint density at radius 1 is 1.07 bits per heavy atom. The topological polar surface area (TPSA) is 70.2 Å². The van der Waals surface area contributed by atoms with Gasteiger partial charge in [-0.05, 0) is 60.6 Å². The second kappa shape index (κ2) is 10.4. The van der Waals surface area contributed by atoms with Crippen molar-refractivity contribution in [2.75, 3.05) is 10.6 Å². The zero-order valence-electron chi connectivity index (χ0n) is 14.8. The van der Waals surface area contributed by atoms with Gasteiger partial charge in [0.1, 0.15) is 0 Å². The van der Waals surface area contributed by atoms with Gasteiger partial charge in [0.25, 0.3) is 0 Å². The quantitative estimate of drug-likeness (QED) is 0.488. The van der Waals surface area contributed by atoms with Crippen LogP contribution in [0.15, 0.2) is 54.6 Å². The number of thiocarbonyl (C=S) groups is 1. The van der Waals surface area contributed by atoms with Gasteiger partial charge < -0.3 is 10.6 Å². The lowest BCUT2D eigenvalue weighted by molar-refractivity contribution is -0.116. The van der Waals surface area contributed by atoms with Crippen molar-refractivity contribution < 1.29 is 9.59 Å². The maximum absolute atomic E-state index is 12.0. The van der Waals surface area contributed by atoms with E-state index in [2.05, 4.69) is 16.0 Å². The van der Waals surface area contributed by atoms with Crippen LogP contribution in [-0.2, 0) is 9.59 Å². The Morgan fingerprint density at radius 2 is 1.74 bits per heavy atom. The summed E-state index contributed by atoms with van der Waals surface area (Å²) in [6, 6.07) is 14.2. The zero-order valence-corrected chi connectivity index (χ0v) is 16.4. The van der Waals surface area contributed by atoms with Gasteiger partial charge in [0.15, 0.2) is 5.11 Å². The van der Waals surface area contributed by atoms with Crippen LogP contribution in [0.4, 0.5) is 11.4 Å². The standard InChI is InChI=1S/C20H20ClN3O2S/c1-2-4-18(25)22-16-5-3-6-17(13-16)23-20(27)24-19(26)12-9-14-7-10-15(21)11-8-14/h3,5-13H,2,4H2,1H3,(H,22,25)(H2,23,24,26,27)/b12-9+. The molecule has 5 nitrogen and oxygen atoms in total. The number of carbonyl (C=O) groups is 2. The molecule has 0 aliphatic rings. The highest BCUT2D eigenvalue weighted by molar-refractivity contribution is 7.80. The molecule has 140 valence electrons. The van der Waals surface area contributed by atoms with Gasteiger partial charge >= 0.3 is 0 Å². The fourth-order valence-corrected chi connectivity index (χ4v) is 2.53. The van der Waals surface area contributed by atoms with Crippen molar-refractivity contribution in [2.24, 2.45) is 0 Å². The molecule has 0 aromatic heterocycles. The maximum atomic E-state index is 12.0. The molecule has 27 heavy (non-hydrogen) atoms. The molecular weight excluding hydrogens is 382 g/mol. The SMILES string of the molecule is CCCC(=O)Nc1cccc(NC(=S)NC(=O)/C=C/c2ccc(Cl)cc2)c1. The summed E-state index contributed by atoms with van der Waals surface area (Å²) in [5.41, 5.74) is 2.18. The van der Waals surface area contributed by atoms with Gasteiger partial charge in [-0.1, -0.05) is 36.7 Å². The van der Waals surface area contributed by atoms with Crippen LogP contribution in [0.1, 0.15) is 25.3 Å². The molecule has 0 aliphatic heterocycles. The molecule has 2 aromatic carbocycles. The van der Waals surface area contributed by atoms with E-state index in [-0.39, 0.29) is 16.9 Å². The normalized spacial score (nSPS) is 10.4. The number of rotatable bonds is 6. The van der Waals surface area contributed by atoms with Crippen LogP contribution in [-0.4, -0.2) is 16.9 Å². The lowest BCUT2D eigenvalue weighted by Gasteiger charge is -2.10. The Morgan fingerprint density at radius 3 is 2.41 bits per heavy atom. The molecule has 2 amide bonds. The van der Waals surface area contributed by atoms with Crippen molar-refractivity contribution in [3.8, 4) is 0 Å². The van der Waals surface area contributed by atoms with Crippen LogP contribution in [0.25, 0.3) is 6.08 Å². The van der Waals surface area contributed by atoms with Gasteiger partial charge in [-0.2, -0.15) is 0 Å². The second-order valence-electron chi connectivity index (χ2n) is 5.71. The number of halogens is 1. The van der Waals surface area contributed by atoms with Crippen molar-refractivity contribution >= 4 is 58.2 Å². The summed E-state index contributed by atoms with van der Waals surface area (Å²) in [5, 5.41) is 9.10. The molecule has 0 bridgehead atoms. The van der Waals surface area contributed by atoms with E-state index in [4.69, 9.17) is 23.8 Å². The van der Waals surface area contributed by atoms with E-state index in [9.17, 15) is 9.59 Å². The molecule has 0 heterocycles. The lowest BCUT2D eigenvalue weighted by Crippen LogP contribution is -2.32. The highest BCUT2D eigenvalue weighted by Gasteiger charge is 2.04. The number of hydrogen-bond acceptors (Lipinski definition) is 3. The van der Waals surface area contributed by atoms with E-state index in [0.29, 0.717) is 22.8 Å². The van der Waals surface area contributed by atoms with Crippen LogP contribution in [0, 0.1) is 0 Å². The Bertz CT molecular complexity index is 851. The minimum atomic E-state index is -0.352. The minimum Gasteiger partial charge on any atom is -0.332 e. The number of nitrogens with one attached hydrogen (secondary N) is 3. The summed E-state index contributed by atoms with van der Waals surface area (Å²) in [4.78, 5) is 23.6. The first-order chi connectivity index (χ1) is 13.0. The smallest absolute Gasteiger partial charge is 0.250 e. The zero-order chi connectivity index (χ0) is 19.6. The summed E-state index contributed by atoms with van der Waals surface area (Å²) in [6.07, 6.45) is 4.30. The molecule has 3 N–H and O–H groups in total. The maximum Gasteiger partial charge on any atom is 0.250 e. The van der Waals surface area contributed by atoms with E-state index < -0.39 is 0 Å². The van der Waals surface area contributed by atoms with Gasteiger partial charge in [-0.3, -0.25) is 14.9 Å². The Hall–Kier alpha value is -2.70. The fourth-order valence-electron chi connectivity index (χ4n) is 2.19. The average molecular weight is 402 g/mol.